The van der Waals surface area contributed by atoms with Crippen LogP contribution in [0, 0.1) is 0 Å². The number of hydrogen-bond donors (Lipinski definition) is 0. The normalized spacial score (nSPS) is 21.6. The Morgan fingerprint density at radius 3 is 3.06 bits per heavy atom. The van der Waals surface area contributed by atoms with Crippen molar-refractivity contribution in [2.24, 2.45) is 9.98 Å². The van der Waals surface area contributed by atoms with Crippen molar-refractivity contribution >= 4 is 6.03 Å². The maximum absolute atomic E-state index is 11.0. The predicted octanol–water partition coefficient (Wildman–Crippen LogP) is 0.942. The molecule has 1 aromatic rings. The van der Waals surface area contributed by atoms with E-state index in [9.17, 15) is 4.79 Å². The molecule has 2 aliphatic rings. The average Bonchev–Trinajstić information content (AvgIpc) is 2.70. The minimum Gasteiger partial charge on any atom is -0.470 e. The molecule has 0 N–H and O–H groups in total. The molecule has 1 aromatic heterocycles. The van der Waals surface area contributed by atoms with Crippen molar-refractivity contribution in [3.63, 3.8) is 0 Å². The van der Waals surface area contributed by atoms with Crippen molar-refractivity contribution in [2.45, 2.75) is 25.4 Å². The number of hydrogen-bond acceptors (Lipinski definition) is 3. The first-order chi connectivity index (χ1) is 8.31. The van der Waals surface area contributed by atoms with Crippen LogP contribution in [0.5, 0.6) is 5.88 Å². The first-order valence-corrected chi connectivity index (χ1v) is 5.63. The number of carbonyl (C=O) groups excluding carboxylic acids is 1. The number of allylic oxidation sites excluding steroid dienone is 1. The molecule has 0 radical (unpaired) electrons. The molecule has 1 unspecified atom stereocenters. The van der Waals surface area contributed by atoms with E-state index in [0.29, 0.717) is 16.7 Å². The van der Waals surface area contributed by atoms with Crippen molar-refractivity contribution in [3.05, 3.63) is 35.1 Å². The van der Waals surface area contributed by atoms with Crippen LogP contribution in [0.25, 0.3) is 0 Å². The van der Waals surface area contributed by atoms with Gasteiger partial charge in [0.25, 0.3) is 0 Å². The zero-order valence-corrected chi connectivity index (χ0v) is 9.17. The van der Waals surface area contributed by atoms with Crippen molar-refractivity contribution < 1.29 is 9.53 Å². The Morgan fingerprint density at radius 2 is 2.24 bits per heavy atom. The molecule has 0 bridgehead atoms. The first-order valence-electron chi connectivity index (χ1n) is 5.63. The molecule has 3 rings (SSSR count). The third-order valence-corrected chi connectivity index (χ3v) is 2.73. The number of rotatable bonds is 2. The second-order valence-electron chi connectivity index (χ2n) is 4.01. The maximum atomic E-state index is 11.0. The van der Waals surface area contributed by atoms with Gasteiger partial charge in [-0.3, -0.25) is 0 Å². The Labute approximate surface area is 97.6 Å². The minimum absolute atomic E-state index is 0.0725. The van der Waals surface area contributed by atoms with Gasteiger partial charge in [0.2, 0.25) is 5.88 Å². The highest BCUT2D eigenvalue weighted by atomic mass is 16.5. The summed E-state index contributed by atoms with van der Waals surface area (Å²) in [6.07, 6.45) is 7.47. The summed E-state index contributed by atoms with van der Waals surface area (Å²) in [5, 5.41) is 0.515. The van der Waals surface area contributed by atoms with E-state index >= 15 is 0 Å². The predicted molar refractivity (Wildman–Crippen MR) is 59.4 cm³/mol. The smallest absolute Gasteiger partial charge is 0.369 e. The molecule has 5 nitrogen and oxygen atoms in total. The molecule has 0 spiro atoms. The lowest BCUT2D eigenvalue weighted by Crippen LogP contribution is -2.27. The van der Waals surface area contributed by atoms with Gasteiger partial charge in [-0.1, -0.05) is 6.08 Å². The van der Waals surface area contributed by atoms with Gasteiger partial charge in [0.1, 0.15) is 11.5 Å². The van der Waals surface area contributed by atoms with Gasteiger partial charge in [0.05, 0.1) is 0 Å². The van der Waals surface area contributed by atoms with E-state index in [1.165, 1.54) is 0 Å². The van der Waals surface area contributed by atoms with Gasteiger partial charge < -0.3 is 4.74 Å². The minimum atomic E-state index is -0.498. The molecule has 1 atom stereocenters. The number of aromatic nitrogens is 1. The number of nitrogens with zero attached hydrogens (tertiary/aromatic N) is 3. The maximum Gasteiger partial charge on any atom is 0.369 e. The Balaban J connectivity index is 1.86. The molecule has 0 fully saturated rings. The van der Waals surface area contributed by atoms with Gasteiger partial charge in [0.15, 0.2) is 5.49 Å². The van der Waals surface area contributed by atoms with E-state index in [4.69, 9.17) is 4.74 Å². The van der Waals surface area contributed by atoms with Crippen LogP contribution in [0.2, 0.25) is 0 Å². The van der Waals surface area contributed by atoms with Gasteiger partial charge in [-0.25, -0.2) is 4.79 Å². The summed E-state index contributed by atoms with van der Waals surface area (Å²) in [5.41, 5.74) is 0.354. The quantitative estimate of drug-likeness (QED) is 0.709. The van der Waals surface area contributed by atoms with E-state index in [2.05, 4.69) is 21.0 Å². The second-order valence-corrected chi connectivity index (χ2v) is 4.01. The number of ether oxygens (including phenoxy) is 1. The molecule has 0 saturated heterocycles. The van der Waals surface area contributed by atoms with Gasteiger partial charge in [-0.05, 0) is 31.4 Å². The van der Waals surface area contributed by atoms with Crippen LogP contribution in [0.1, 0.15) is 19.3 Å². The van der Waals surface area contributed by atoms with Gasteiger partial charge in [0, 0.05) is 6.07 Å². The lowest BCUT2D eigenvalue weighted by Gasteiger charge is -2.17. The highest BCUT2D eigenvalue weighted by Gasteiger charge is 2.12. The molecule has 2 amide bonds. The van der Waals surface area contributed by atoms with Gasteiger partial charge in [-0.2, -0.15) is 15.0 Å². The van der Waals surface area contributed by atoms with Crippen LogP contribution in [0.3, 0.4) is 0 Å². The third kappa shape index (κ3) is 2.08. The lowest BCUT2D eigenvalue weighted by atomic mass is 10.1. The van der Waals surface area contributed by atoms with Crippen molar-refractivity contribution in [2.75, 3.05) is 0 Å². The standard InChI is InChI=1S/C12H11N3O2/c16-12-13-9-6-7-10(14-11(9)15-12)17-8-4-2-1-3-5-8/h2,4,6-8H,1,3,5H2. The van der Waals surface area contributed by atoms with Crippen LogP contribution < -0.4 is 15.6 Å². The van der Waals surface area contributed by atoms with Crippen LogP contribution in [0.4, 0.5) is 4.79 Å². The molecule has 5 heteroatoms. The molecular formula is C12H11N3O2. The van der Waals surface area contributed by atoms with E-state index in [1.54, 1.807) is 12.1 Å². The Morgan fingerprint density at radius 1 is 1.29 bits per heavy atom. The molecule has 0 aromatic carbocycles. The fraction of sp³-hybridized carbons (Fsp3) is 0.333. The Hall–Kier alpha value is -2.04. The summed E-state index contributed by atoms with van der Waals surface area (Å²) >= 11 is 0. The molecule has 17 heavy (non-hydrogen) atoms. The average molecular weight is 229 g/mol. The Bertz CT molecular complexity index is 607. The number of fused-ring (bicyclic) bond motifs is 1. The zero-order valence-electron chi connectivity index (χ0n) is 9.17. The van der Waals surface area contributed by atoms with E-state index in [1.807, 2.05) is 6.08 Å². The monoisotopic (exact) mass is 229 g/mol. The third-order valence-electron chi connectivity index (χ3n) is 2.73. The molecule has 86 valence electrons. The topological polar surface area (TPSA) is 63.9 Å². The van der Waals surface area contributed by atoms with Crippen LogP contribution in [-0.4, -0.2) is 17.1 Å². The largest absolute Gasteiger partial charge is 0.470 e. The number of carbonyl (C=O) groups is 1. The van der Waals surface area contributed by atoms with Gasteiger partial charge >= 0.3 is 6.03 Å². The summed E-state index contributed by atoms with van der Waals surface area (Å²) in [6.45, 7) is 0. The summed E-state index contributed by atoms with van der Waals surface area (Å²) < 4.78 is 5.70. The highest BCUT2D eigenvalue weighted by Crippen LogP contribution is 2.15. The fourth-order valence-electron chi connectivity index (χ4n) is 1.91. The first kappa shape index (κ1) is 10.1. The van der Waals surface area contributed by atoms with E-state index < -0.39 is 6.03 Å². The van der Waals surface area contributed by atoms with Crippen molar-refractivity contribution in [3.8, 4) is 5.88 Å². The van der Waals surface area contributed by atoms with Crippen LogP contribution in [-0.2, 0) is 0 Å². The summed E-state index contributed by atoms with van der Waals surface area (Å²) in [4.78, 5) is 22.5. The molecule has 1 aliphatic heterocycles. The van der Waals surface area contributed by atoms with Crippen LogP contribution in [0.15, 0.2) is 34.3 Å². The van der Waals surface area contributed by atoms with Crippen LogP contribution >= 0.6 is 0 Å². The second kappa shape index (κ2) is 4.08. The summed E-state index contributed by atoms with van der Waals surface area (Å²) in [5.74, 6) is 0.494. The summed E-state index contributed by atoms with van der Waals surface area (Å²) in [6, 6.07) is 2.93. The fourth-order valence-corrected chi connectivity index (χ4v) is 1.91. The van der Waals surface area contributed by atoms with Crippen molar-refractivity contribution in [1.82, 2.24) is 4.98 Å². The number of pyridine rings is 1. The lowest BCUT2D eigenvalue weighted by molar-refractivity contribution is 0.220. The molecule has 1 aliphatic carbocycles. The van der Waals surface area contributed by atoms with Gasteiger partial charge in [-0.15, -0.1) is 0 Å². The van der Waals surface area contributed by atoms with E-state index in [0.717, 1.165) is 19.3 Å². The summed E-state index contributed by atoms with van der Waals surface area (Å²) in [7, 11) is 0. The number of amides is 2. The SMILES string of the molecule is O=C1N=c2ccc(OC3C=CCCC3)nc2=N1. The molecular weight excluding hydrogens is 218 g/mol. The molecule has 2 heterocycles. The number of urea groups is 1. The van der Waals surface area contributed by atoms with E-state index in [-0.39, 0.29) is 6.10 Å². The highest BCUT2D eigenvalue weighted by molar-refractivity contribution is 5.77. The zero-order chi connectivity index (χ0) is 11.7. The van der Waals surface area contributed by atoms with Crippen molar-refractivity contribution in [1.29, 1.82) is 0 Å². The Kier molecular flexibility index (Phi) is 2.44. The molecule has 0 saturated carbocycles.